The predicted octanol–water partition coefficient (Wildman–Crippen LogP) is 0.639. The van der Waals surface area contributed by atoms with E-state index in [0.717, 1.165) is 19.5 Å². The first-order valence-electron chi connectivity index (χ1n) is 4.22. The molecule has 1 atom stereocenters. The molecule has 0 unspecified atom stereocenters. The van der Waals surface area contributed by atoms with E-state index in [1.54, 1.807) is 0 Å². The SMILES string of the molecule is CCC(=O)N(C)[C@H]1CCNC1.Cl. The van der Waals surface area contributed by atoms with Crippen molar-refractivity contribution in [3.8, 4) is 0 Å². The maximum absolute atomic E-state index is 11.2. The third kappa shape index (κ3) is 2.64. The molecule has 0 aromatic heterocycles. The van der Waals surface area contributed by atoms with E-state index in [1.165, 1.54) is 0 Å². The maximum atomic E-state index is 11.2. The van der Waals surface area contributed by atoms with Crippen molar-refractivity contribution in [1.82, 2.24) is 10.2 Å². The van der Waals surface area contributed by atoms with Gasteiger partial charge in [-0.25, -0.2) is 0 Å². The Labute approximate surface area is 79.9 Å². The molecule has 0 aromatic rings. The van der Waals surface area contributed by atoms with Crippen LogP contribution in [0.15, 0.2) is 0 Å². The number of amides is 1. The van der Waals surface area contributed by atoms with Crippen molar-refractivity contribution in [2.24, 2.45) is 0 Å². The number of rotatable bonds is 2. The van der Waals surface area contributed by atoms with Gasteiger partial charge in [0.2, 0.25) is 5.91 Å². The van der Waals surface area contributed by atoms with E-state index in [2.05, 4.69) is 5.32 Å². The Hall–Kier alpha value is -0.280. The maximum Gasteiger partial charge on any atom is 0.222 e. The van der Waals surface area contributed by atoms with Gasteiger partial charge >= 0.3 is 0 Å². The van der Waals surface area contributed by atoms with Crippen LogP contribution in [0.5, 0.6) is 0 Å². The van der Waals surface area contributed by atoms with E-state index in [1.807, 2.05) is 18.9 Å². The van der Waals surface area contributed by atoms with Crippen molar-refractivity contribution in [3.63, 3.8) is 0 Å². The Bertz CT molecular complexity index is 146. The lowest BCUT2D eigenvalue weighted by Gasteiger charge is -2.22. The van der Waals surface area contributed by atoms with Crippen LogP contribution in [0.4, 0.5) is 0 Å². The zero-order chi connectivity index (χ0) is 8.27. The minimum Gasteiger partial charge on any atom is -0.341 e. The molecular weight excluding hydrogens is 176 g/mol. The second-order valence-corrected chi connectivity index (χ2v) is 3.00. The average Bonchev–Trinajstić information content (AvgIpc) is 2.53. The number of nitrogens with one attached hydrogen (secondary N) is 1. The topological polar surface area (TPSA) is 32.3 Å². The van der Waals surface area contributed by atoms with E-state index >= 15 is 0 Å². The van der Waals surface area contributed by atoms with Crippen molar-refractivity contribution in [2.45, 2.75) is 25.8 Å². The van der Waals surface area contributed by atoms with Crippen LogP contribution in [0.3, 0.4) is 0 Å². The van der Waals surface area contributed by atoms with Gasteiger partial charge in [-0.15, -0.1) is 12.4 Å². The fourth-order valence-corrected chi connectivity index (χ4v) is 1.42. The average molecular weight is 193 g/mol. The zero-order valence-corrected chi connectivity index (χ0v) is 8.49. The summed E-state index contributed by atoms with van der Waals surface area (Å²) in [5.41, 5.74) is 0. The highest BCUT2D eigenvalue weighted by atomic mass is 35.5. The number of carbonyl (C=O) groups excluding carboxylic acids is 1. The van der Waals surface area contributed by atoms with E-state index in [9.17, 15) is 4.79 Å². The van der Waals surface area contributed by atoms with Crippen LogP contribution in [-0.2, 0) is 4.79 Å². The van der Waals surface area contributed by atoms with Gasteiger partial charge in [-0.05, 0) is 13.0 Å². The molecule has 1 aliphatic heterocycles. The summed E-state index contributed by atoms with van der Waals surface area (Å²) < 4.78 is 0. The van der Waals surface area contributed by atoms with Crippen molar-refractivity contribution < 1.29 is 4.79 Å². The normalized spacial score (nSPS) is 21.7. The number of hydrogen-bond donors (Lipinski definition) is 1. The smallest absolute Gasteiger partial charge is 0.222 e. The first-order valence-corrected chi connectivity index (χ1v) is 4.22. The lowest BCUT2D eigenvalue weighted by Crippen LogP contribution is -2.37. The molecule has 1 aliphatic rings. The molecule has 0 saturated carbocycles. The summed E-state index contributed by atoms with van der Waals surface area (Å²) in [5.74, 6) is 0.249. The number of hydrogen-bond acceptors (Lipinski definition) is 2. The summed E-state index contributed by atoms with van der Waals surface area (Å²) in [4.78, 5) is 13.1. The van der Waals surface area contributed by atoms with Gasteiger partial charge in [-0.1, -0.05) is 6.92 Å². The molecule has 1 heterocycles. The standard InChI is InChI=1S/C8H16N2O.ClH/c1-3-8(11)10(2)7-4-5-9-6-7;/h7,9H,3-6H2,1-2H3;1H/t7-;/m0./s1. The van der Waals surface area contributed by atoms with E-state index in [4.69, 9.17) is 0 Å². The molecule has 3 nitrogen and oxygen atoms in total. The lowest BCUT2D eigenvalue weighted by molar-refractivity contribution is -0.131. The van der Waals surface area contributed by atoms with Crippen molar-refractivity contribution in [1.29, 1.82) is 0 Å². The second-order valence-electron chi connectivity index (χ2n) is 3.00. The molecule has 12 heavy (non-hydrogen) atoms. The molecule has 4 heteroatoms. The fraction of sp³-hybridized carbons (Fsp3) is 0.875. The molecule has 1 amide bonds. The number of halogens is 1. The van der Waals surface area contributed by atoms with Gasteiger partial charge in [0.25, 0.3) is 0 Å². The molecule has 1 N–H and O–H groups in total. The number of nitrogens with zero attached hydrogens (tertiary/aromatic N) is 1. The molecule has 0 spiro atoms. The highest BCUT2D eigenvalue weighted by Crippen LogP contribution is 2.06. The van der Waals surface area contributed by atoms with Crippen LogP contribution in [-0.4, -0.2) is 37.0 Å². The van der Waals surface area contributed by atoms with Crippen molar-refractivity contribution >= 4 is 18.3 Å². The lowest BCUT2D eigenvalue weighted by atomic mass is 10.2. The second kappa shape index (κ2) is 5.38. The first-order chi connectivity index (χ1) is 5.25. The largest absolute Gasteiger partial charge is 0.341 e. The summed E-state index contributed by atoms with van der Waals surface area (Å²) >= 11 is 0. The molecular formula is C8H17ClN2O. The van der Waals surface area contributed by atoms with Crippen LogP contribution < -0.4 is 5.32 Å². The summed E-state index contributed by atoms with van der Waals surface area (Å²) in [6, 6.07) is 0.433. The van der Waals surface area contributed by atoms with E-state index < -0.39 is 0 Å². The predicted molar refractivity (Wildman–Crippen MR) is 51.6 cm³/mol. The van der Waals surface area contributed by atoms with Gasteiger partial charge in [0, 0.05) is 26.1 Å². The van der Waals surface area contributed by atoms with Gasteiger partial charge < -0.3 is 10.2 Å². The van der Waals surface area contributed by atoms with E-state index in [-0.39, 0.29) is 18.3 Å². The Morgan fingerprint density at radius 3 is 2.75 bits per heavy atom. The van der Waals surface area contributed by atoms with Gasteiger partial charge in [-0.2, -0.15) is 0 Å². The zero-order valence-electron chi connectivity index (χ0n) is 7.67. The van der Waals surface area contributed by atoms with Gasteiger partial charge in [0.05, 0.1) is 0 Å². The van der Waals surface area contributed by atoms with Gasteiger partial charge in [0.1, 0.15) is 0 Å². The minimum atomic E-state index is 0. The van der Waals surface area contributed by atoms with Crippen molar-refractivity contribution in [3.05, 3.63) is 0 Å². The summed E-state index contributed by atoms with van der Waals surface area (Å²) in [6.07, 6.45) is 1.72. The molecule has 0 radical (unpaired) electrons. The van der Waals surface area contributed by atoms with Crippen molar-refractivity contribution in [2.75, 3.05) is 20.1 Å². The molecule has 1 saturated heterocycles. The molecule has 72 valence electrons. The molecule has 1 rings (SSSR count). The minimum absolute atomic E-state index is 0. The number of carbonyl (C=O) groups is 1. The third-order valence-electron chi connectivity index (χ3n) is 2.28. The van der Waals surface area contributed by atoms with Crippen LogP contribution in [0.25, 0.3) is 0 Å². The molecule has 0 bridgehead atoms. The van der Waals surface area contributed by atoms with Gasteiger partial charge in [-0.3, -0.25) is 4.79 Å². The first kappa shape index (κ1) is 11.7. The van der Waals surface area contributed by atoms with Crippen LogP contribution in [0.2, 0.25) is 0 Å². The Morgan fingerprint density at radius 1 is 1.67 bits per heavy atom. The van der Waals surface area contributed by atoms with Crippen LogP contribution >= 0.6 is 12.4 Å². The number of likely N-dealkylation sites (N-methyl/N-ethyl adjacent to an activating group) is 1. The molecule has 1 fully saturated rings. The fourth-order valence-electron chi connectivity index (χ4n) is 1.42. The van der Waals surface area contributed by atoms with E-state index in [0.29, 0.717) is 12.5 Å². The van der Waals surface area contributed by atoms with Crippen LogP contribution in [0.1, 0.15) is 19.8 Å². The van der Waals surface area contributed by atoms with Crippen LogP contribution in [0, 0.1) is 0 Å². The highest BCUT2D eigenvalue weighted by molar-refractivity contribution is 5.85. The molecule has 0 aliphatic carbocycles. The molecule has 0 aromatic carbocycles. The Kier molecular flexibility index (Phi) is 5.25. The summed E-state index contributed by atoms with van der Waals surface area (Å²) in [6.45, 7) is 3.91. The third-order valence-corrected chi connectivity index (χ3v) is 2.28. The quantitative estimate of drug-likeness (QED) is 0.697. The Morgan fingerprint density at radius 2 is 2.33 bits per heavy atom. The highest BCUT2D eigenvalue weighted by Gasteiger charge is 2.21. The summed E-state index contributed by atoms with van der Waals surface area (Å²) in [7, 11) is 1.89. The van der Waals surface area contributed by atoms with Gasteiger partial charge in [0.15, 0.2) is 0 Å². The monoisotopic (exact) mass is 192 g/mol. The Balaban J connectivity index is 0.00000121. The summed E-state index contributed by atoms with van der Waals surface area (Å²) in [5, 5.41) is 3.24.